The zero-order chi connectivity index (χ0) is 14.1. The van der Waals surface area contributed by atoms with Crippen LogP contribution in [0.3, 0.4) is 0 Å². The fourth-order valence-corrected chi connectivity index (χ4v) is 2.15. The van der Waals surface area contributed by atoms with Gasteiger partial charge in [-0.2, -0.15) is 0 Å². The SMILES string of the molecule is O=C(O)c1cccc2oc(Cc3ccc(Cl)cc3)nc12. The van der Waals surface area contributed by atoms with E-state index in [1.54, 1.807) is 24.3 Å². The van der Waals surface area contributed by atoms with Gasteiger partial charge in [0, 0.05) is 11.4 Å². The third kappa shape index (κ3) is 2.38. The summed E-state index contributed by atoms with van der Waals surface area (Å²) in [5.41, 5.74) is 2.00. The van der Waals surface area contributed by atoms with Gasteiger partial charge in [-0.3, -0.25) is 0 Å². The van der Waals surface area contributed by atoms with Crippen LogP contribution < -0.4 is 0 Å². The number of nitrogens with zero attached hydrogens (tertiary/aromatic N) is 1. The highest BCUT2D eigenvalue weighted by atomic mass is 35.5. The molecular weight excluding hydrogens is 278 g/mol. The molecule has 0 unspecified atom stereocenters. The highest BCUT2D eigenvalue weighted by molar-refractivity contribution is 6.30. The van der Waals surface area contributed by atoms with E-state index in [9.17, 15) is 4.79 Å². The molecular formula is C15H10ClNO3. The summed E-state index contributed by atoms with van der Waals surface area (Å²) in [4.78, 5) is 15.4. The van der Waals surface area contributed by atoms with Crippen LogP contribution in [0.2, 0.25) is 5.02 Å². The van der Waals surface area contributed by atoms with Crippen molar-refractivity contribution >= 4 is 28.7 Å². The molecule has 1 aromatic heterocycles. The number of hydrogen-bond acceptors (Lipinski definition) is 3. The average Bonchev–Trinajstić information content (AvgIpc) is 2.83. The second-order valence-electron chi connectivity index (χ2n) is 4.37. The molecule has 5 heteroatoms. The number of rotatable bonds is 3. The Bertz CT molecular complexity index is 777. The number of halogens is 1. The number of aromatic nitrogens is 1. The van der Waals surface area contributed by atoms with Crippen molar-refractivity contribution in [2.75, 3.05) is 0 Å². The Kier molecular flexibility index (Phi) is 3.16. The van der Waals surface area contributed by atoms with Crippen molar-refractivity contribution in [3.05, 3.63) is 64.5 Å². The number of carbonyl (C=O) groups is 1. The quantitative estimate of drug-likeness (QED) is 0.796. The molecule has 0 aliphatic carbocycles. The number of para-hydroxylation sites is 1. The van der Waals surface area contributed by atoms with Crippen LogP contribution in [0.4, 0.5) is 0 Å². The number of carboxylic acid groups (broad SMARTS) is 1. The highest BCUT2D eigenvalue weighted by Gasteiger charge is 2.14. The summed E-state index contributed by atoms with van der Waals surface area (Å²) in [6.07, 6.45) is 0.491. The number of carboxylic acids is 1. The summed E-state index contributed by atoms with van der Waals surface area (Å²) in [5, 5.41) is 9.78. The molecule has 0 bridgehead atoms. The van der Waals surface area contributed by atoms with Gasteiger partial charge in [0.05, 0.1) is 5.56 Å². The van der Waals surface area contributed by atoms with E-state index in [4.69, 9.17) is 21.1 Å². The molecule has 3 aromatic rings. The summed E-state index contributed by atoms with van der Waals surface area (Å²) in [6.45, 7) is 0. The summed E-state index contributed by atoms with van der Waals surface area (Å²) in [6, 6.07) is 12.2. The lowest BCUT2D eigenvalue weighted by Crippen LogP contribution is -1.97. The second kappa shape index (κ2) is 4.98. The van der Waals surface area contributed by atoms with E-state index in [0.29, 0.717) is 28.4 Å². The average molecular weight is 288 g/mol. The Hall–Kier alpha value is -2.33. The highest BCUT2D eigenvalue weighted by Crippen LogP contribution is 2.21. The lowest BCUT2D eigenvalue weighted by Gasteiger charge is -1.96. The van der Waals surface area contributed by atoms with Gasteiger partial charge in [-0.1, -0.05) is 29.8 Å². The molecule has 1 N–H and O–H groups in total. The smallest absolute Gasteiger partial charge is 0.338 e. The largest absolute Gasteiger partial charge is 0.478 e. The molecule has 0 amide bonds. The topological polar surface area (TPSA) is 63.3 Å². The normalized spacial score (nSPS) is 10.8. The van der Waals surface area contributed by atoms with Gasteiger partial charge in [-0.15, -0.1) is 0 Å². The van der Waals surface area contributed by atoms with Gasteiger partial charge in [0.15, 0.2) is 11.5 Å². The van der Waals surface area contributed by atoms with Crippen LogP contribution >= 0.6 is 11.6 Å². The zero-order valence-corrected chi connectivity index (χ0v) is 11.1. The van der Waals surface area contributed by atoms with Crippen LogP contribution in [-0.4, -0.2) is 16.1 Å². The van der Waals surface area contributed by atoms with Gasteiger partial charge in [-0.25, -0.2) is 9.78 Å². The maximum absolute atomic E-state index is 11.1. The lowest BCUT2D eigenvalue weighted by atomic mass is 10.1. The molecule has 1 heterocycles. The van der Waals surface area contributed by atoms with Crippen molar-refractivity contribution in [3.8, 4) is 0 Å². The Morgan fingerprint density at radius 3 is 2.65 bits per heavy atom. The number of hydrogen-bond donors (Lipinski definition) is 1. The first-order valence-corrected chi connectivity index (χ1v) is 6.37. The predicted octanol–water partition coefficient (Wildman–Crippen LogP) is 3.77. The molecule has 0 atom stereocenters. The Balaban J connectivity index is 1.99. The van der Waals surface area contributed by atoms with Gasteiger partial charge in [0.25, 0.3) is 0 Å². The summed E-state index contributed by atoms with van der Waals surface area (Å²) in [5.74, 6) is -0.530. The molecule has 0 spiro atoms. The van der Waals surface area contributed by atoms with E-state index in [1.165, 1.54) is 6.07 Å². The maximum atomic E-state index is 11.1. The van der Waals surface area contributed by atoms with E-state index < -0.39 is 5.97 Å². The molecule has 2 aromatic carbocycles. The molecule has 100 valence electrons. The third-order valence-electron chi connectivity index (χ3n) is 2.96. The molecule has 0 fully saturated rings. The second-order valence-corrected chi connectivity index (χ2v) is 4.80. The Morgan fingerprint density at radius 2 is 1.95 bits per heavy atom. The molecule has 0 radical (unpaired) electrons. The molecule has 20 heavy (non-hydrogen) atoms. The van der Waals surface area contributed by atoms with E-state index in [1.807, 2.05) is 12.1 Å². The first kappa shape index (κ1) is 12.7. The summed E-state index contributed by atoms with van der Waals surface area (Å²) >= 11 is 5.83. The minimum absolute atomic E-state index is 0.147. The summed E-state index contributed by atoms with van der Waals surface area (Å²) < 4.78 is 5.59. The predicted molar refractivity (Wildman–Crippen MR) is 75.2 cm³/mol. The fourth-order valence-electron chi connectivity index (χ4n) is 2.02. The first-order chi connectivity index (χ1) is 9.63. The van der Waals surface area contributed by atoms with Crippen molar-refractivity contribution in [1.29, 1.82) is 0 Å². The van der Waals surface area contributed by atoms with Crippen molar-refractivity contribution < 1.29 is 14.3 Å². The van der Waals surface area contributed by atoms with Gasteiger partial charge < -0.3 is 9.52 Å². The first-order valence-electron chi connectivity index (χ1n) is 5.99. The van der Waals surface area contributed by atoms with Gasteiger partial charge in [0.2, 0.25) is 0 Å². The molecule has 0 saturated carbocycles. The van der Waals surface area contributed by atoms with Crippen LogP contribution in [0.1, 0.15) is 21.8 Å². The minimum atomic E-state index is -1.01. The van der Waals surface area contributed by atoms with Crippen LogP contribution in [0, 0.1) is 0 Å². The Morgan fingerprint density at radius 1 is 1.20 bits per heavy atom. The molecule has 3 rings (SSSR count). The lowest BCUT2D eigenvalue weighted by molar-refractivity contribution is 0.0699. The van der Waals surface area contributed by atoms with Crippen LogP contribution in [0.25, 0.3) is 11.1 Å². The Labute approximate surface area is 119 Å². The van der Waals surface area contributed by atoms with Gasteiger partial charge >= 0.3 is 5.97 Å². The van der Waals surface area contributed by atoms with Crippen LogP contribution in [0.15, 0.2) is 46.9 Å². The molecule has 0 saturated heterocycles. The monoisotopic (exact) mass is 287 g/mol. The summed E-state index contributed by atoms with van der Waals surface area (Å²) in [7, 11) is 0. The van der Waals surface area contributed by atoms with Crippen LogP contribution in [0.5, 0.6) is 0 Å². The fraction of sp³-hybridized carbons (Fsp3) is 0.0667. The van der Waals surface area contributed by atoms with Gasteiger partial charge in [-0.05, 0) is 29.8 Å². The van der Waals surface area contributed by atoms with Crippen molar-refractivity contribution in [3.63, 3.8) is 0 Å². The number of benzene rings is 2. The van der Waals surface area contributed by atoms with E-state index in [2.05, 4.69) is 4.98 Å². The number of aromatic carboxylic acids is 1. The van der Waals surface area contributed by atoms with Crippen molar-refractivity contribution in [1.82, 2.24) is 4.98 Å². The maximum Gasteiger partial charge on any atom is 0.338 e. The molecule has 0 aliphatic rings. The van der Waals surface area contributed by atoms with Gasteiger partial charge in [0.1, 0.15) is 5.52 Å². The van der Waals surface area contributed by atoms with Crippen LogP contribution in [-0.2, 0) is 6.42 Å². The van der Waals surface area contributed by atoms with E-state index >= 15 is 0 Å². The van der Waals surface area contributed by atoms with Crippen molar-refractivity contribution in [2.24, 2.45) is 0 Å². The minimum Gasteiger partial charge on any atom is -0.478 e. The van der Waals surface area contributed by atoms with Crippen molar-refractivity contribution in [2.45, 2.75) is 6.42 Å². The van der Waals surface area contributed by atoms with E-state index in [0.717, 1.165) is 5.56 Å². The number of fused-ring (bicyclic) bond motifs is 1. The molecule has 4 nitrogen and oxygen atoms in total. The third-order valence-corrected chi connectivity index (χ3v) is 3.21. The number of oxazole rings is 1. The van der Waals surface area contributed by atoms with E-state index in [-0.39, 0.29) is 5.56 Å². The standard InChI is InChI=1S/C15H10ClNO3/c16-10-6-4-9(5-7-10)8-13-17-14-11(15(18)19)2-1-3-12(14)20-13/h1-7H,8H2,(H,18,19). The zero-order valence-electron chi connectivity index (χ0n) is 10.3. The molecule has 0 aliphatic heterocycles.